The van der Waals surface area contributed by atoms with E-state index in [1.807, 2.05) is 25.1 Å². The number of carbonyl (C=O) groups excluding carboxylic acids is 1. The lowest BCUT2D eigenvalue weighted by molar-refractivity contribution is 0.0942. The van der Waals surface area contributed by atoms with Crippen LogP contribution in [-0.2, 0) is 7.05 Å². The number of oxazole rings is 1. The van der Waals surface area contributed by atoms with Gasteiger partial charge in [-0.3, -0.25) is 4.79 Å². The first-order valence-electron chi connectivity index (χ1n) is 8.85. The lowest BCUT2D eigenvalue weighted by Gasteiger charge is -2.35. The molecule has 0 spiro atoms. The zero-order valence-corrected chi connectivity index (χ0v) is 14.9. The normalized spacial score (nSPS) is 19.3. The summed E-state index contributed by atoms with van der Waals surface area (Å²) in [4.78, 5) is 17.8. The number of aromatic nitrogens is 4. The van der Waals surface area contributed by atoms with Crippen LogP contribution in [0.4, 0.5) is 6.01 Å². The standard InChI is InChI=1S/C18H22N6O2/c1-11-3-4-16-14(7-11)22-18(26-16)21-13-8-12(9-13)5-6-19-17(25)15-10-20-24(2)23-15/h3-4,7,10,12-13H,5-6,8-9H2,1-2H3,(H,19,25)(H,21,22). The highest BCUT2D eigenvalue weighted by Gasteiger charge is 2.29. The van der Waals surface area contributed by atoms with Crippen molar-refractivity contribution >= 4 is 23.0 Å². The number of anilines is 1. The van der Waals surface area contributed by atoms with Crippen LogP contribution in [0.5, 0.6) is 0 Å². The molecule has 8 heteroatoms. The van der Waals surface area contributed by atoms with E-state index in [4.69, 9.17) is 4.42 Å². The Labute approximate surface area is 151 Å². The molecule has 1 saturated carbocycles. The molecule has 0 saturated heterocycles. The molecule has 1 fully saturated rings. The highest BCUT2D eigenvalue weighted by Crippen LogP contribution is 2.33. The van der Waals surface area contributed by atoms with Crippen LogP contribution in [0.2, 0.25) is 0 Å². The molecule has 8 nitrogen and oxygen atoms in total. The minimum Gasteiger partial charge on any atom is -0.424 e. The van der Waals surface area contributed by atoms with Gasteiger partial charge >= 0.3 is 0 Å². The van der Waals surface area contributed by atoms with Crippen molar-refractivity contribution in [1.29, 1.82) is 0 Å². The number of hydrogen-bond donors (Lipinski definition) is 2. The minimum absolute atomic E-state index is 0.172. The predicted molar refractivity (Wildman–Crippen MR) is 96.8 cm³/mol. The fourth-order valence-electron chi connectivity index (χ4n) is 3.29. The second-order valence-electron chi connectivity index (χ2n) is 6.93. The number of benzene rings is 1. The maximum atomic E-state index is 11.9. The summed E-state index contributed by atoms with van der Waals surface area (Å²) >= 11 is 0. The number of amides is 1. The number of hydrogen-bond acceptors (Lipinski definition) is 6. The summed E-state index contributed by atoms with van der Waals surface area (Å²) in [6, 6.07) is 6.96. The topological polar surface area (TPSA) is 97.9 Å². The largest absolute Gasteiger partial charge is 0.424 e. The molecule has 4 rings (SSSR count). The van der Waals surface area contributed by atoms with E-state index in [2.05, 4.69) is 25.8 Å². The van der Waals surface area contributed by atoms with E-state index >= 15 is 0 Å². The molecule has 1 amide bonds. The van der Waals surface area contributed by atoms with Crippen LogP contribution < -0.4 is 10.6 Å². The van der Waals surface area contributed by atoms with Crippen LogP contribution in [0, 0.1) is 12.8 Å². The van der Waals surface area contributed by atoms with Gasteiger partial charge in [0.05, 0.1) is 6.20 Å². The van der Waals surface area contributed by atoms with Gasteiger partial charge in [0.1, 0.15) is 5.52 Å². The Bertz CT molecular complexity index is 925. The van der Waals surface area contributed by atoms with Crippen LogP contribution in [0.15, 0.2) is 28.8 Å². The summed E-state index contributed by atoms with van der Waals surface area (Å²) < 4.78 is 5.73. The van der Waals surface area contributed by atoms with Crippen molar-refractivity contribution in [3.63, 3.8) is 0 Å². The Balaban J connectivity index is 1.20. The first-order valence-corrected chi connectivity index (χ1v) is 8.85. The van der Waals surface area contributed by atoms with Gasteiger partial charge in [0.25, 0.3) is 11.9 Å². The Kier molecular flexibility index (Phi) is 4.32. The molecule has 26 heavy (non-hydrogen) atoms. The number of fused-ring (bicyclic) bond motifs is 1. The van der Waals surface area contributed by atoms with Crippen molar-refractivity contribution in [1.82, 2.24) is 25.3 Å². The van der Waals surface area contributed by atoms with E-state index in [0.717, 1.165) is 30.4 Å². The summed E-state index contributed by atoms with van der Waals surface area (Å²) in [6.07, 6.45) is 4.54. The smallest absolute Gasteiger partial charge is 0.295 e. The number of nitrogens with one attached hydrogen (secondary N) is 2. The van der Waals surface area contributed by atoms with Gasteiger partial charge in [-0.25, -0.2) is 0 Å². The Morgan fingerprint density at radius 2 is 2.23 bits per heavy atom. The average molecular weight is 354 g/mol. The summed E-state index contributed by atoms with van der Waals surface area (Å²) in [5.41, 5.74) is 3.22. The number of rotatable bonds is 6. The maximum Gasteiger partial charge on any atom is 0.295 e. The number of nitrogens with zero attached hydrogens (tertiary/aromatic N) is 4. The van der Waals surface area contributed by atoms with Gasteiger partial charge in [0.2, 0.25) is 0 Å². The van der Waals surface area contributed by atoms with E-state index in [0.29, 0.717) is 30.2 Å². The monoisotopic (exact) mass is 354 g/mol. The van der Waals surface area contributed by atoms with Crippen LogP contribution in [0.25, 0.3) is 11.1 Å². The minimum atomic E-state index is -0.172. The van der Waals surface area contributed by atoms with Gasteiger partial charge < -0.3 is 15.1 Å². The molecule has 0 radical (unpaired) electrons. The summed E-state index contributed by atoms with van der Waals surface area (Å²) in [6.45, 7) is 2.69. The molecule has 0 atom stereocenters. The molecule has 0 unspecified atom stereocenters. The molecule has 0 aliphatic heterocycles. The number of aryl methyl sites for hydroxylation is 2. The van der Waals surface area contributed by atoms with Crippen molar-refractivity contribution in [2.24, 2.45) is 13.0 Å². The van der Waals surface area contributed by atoms with Crippen molar-refractivity contribution in [2.45, 2.75) is 32.2 Å². The van der Waals surface area contributed by atoms with Gasteiger partial charge in [0.15, 0.2) is 11.3 Å². The van der Waals surface area contributed by atoms with Crippen molar-refractivity contribution in [3.05, 3.63) is 35.7 Å². The van der Waals surface area contributed by atoms with Crippen LogP contribution in [0.3, 0.4) is 0 Å². The lowest BCUT2D eigenvalue weighted by atomic mass is 9.78. The molecule has 1 aliphatic rings. The fraction of sp³-hybridized carbons (Fsp3) is 0.444. The third kappa shape index (κ3) is 3.54. The van der Waals surface area contributed by atoms with Gasteiger partial charge in [-0.1, -0.05) is 6.07 Å². The second-order valence-corrected chi connectivity index (χ2v) is 6.93. The first kappa shape index (κ1) is 16.6. The zero-order valence-electron chi connectivity index (χ0n) is 14.9. The molecule has 2 heterocycles. The zero-order chi connectivity index (χ0) is 18.1. The lowest BCUT2D eigenvalue weighted by Crippen LogP contribution is -2.37. The highest BCUT2D eigenvalue weighted by molar-refractivity contribution is 5.91. The first-order chi connectivity index (χ1) is 12.6. The summed E-state index contributed by atoms with van der Waals surface area (Å²) in [7, 11) is 1.69. The van der Waals surface area contributed by atoms with E-state index in [-0.39, 0.29) is 5.91 Å². The van der Waals surface area contributed by atoms with E-state index < -0.39 is 0 Å². The quantitative estimate of drug-likeness (QED) is 0.705. The van der Waals surface area contributed by atoms with Gasteiger partial charge in [-0.05, 0) is 49.8 Å². The molecular weight excluding hydrogens is 332 g/mol. The molecule has 2 aromatic heterocycles. The van der Waals surface area contributed by atoms with E-state index in [1.54, 1.807) is 7.05 Å². The van der Waals surface area contributed by atoms with Gasteiger partial charge in [-0.15, -0.1) is 5.10 Å². The third-order valence-electron chi connectivity index (χ3n) is 4.78. The summed E-state index contributed by atoms with van der Waals surface area (Å²) in [5, 5.41) is 14.1. The van der Waals surface area contributed by atoms with E-state index in [1.165, 1.54) is 16.6 Å². The summed E-state index contributed by atoms with van der Waals surface area (Å²) in [5.74, 6) is 0.426. The van der Waals surface area contributed by atoms with E-state index in [9.17, 15) is 4.79 Å². The Morgan fingerprint density at radius 3 is 3.00 bits per heavy atom. The second kappa shape index (κ2) is 6.78. The van der Waals surface area contributed by atoms with Crippen molar-refractivity contribution in [2.75, 3.05) is 11.9 Å². The average Bonchev–Trinajstić information content (AvgIpc) is 3.17. The Morgan fingerprint density at radius 1 is 1.38 bits per heavy atom. The van der Waals surface area contributed by atoms with Crippen LogP contribution in [0.1, 0.15) is 35.3 Å². The molecule has 0 bridgehead atoms. The van der Waals surface area contributed by atoms with Crippen molar-refractivity contribution < 1.29 is 9.21 Å². The third-order valence-corrected chi connectivity index (χ3v) is 4.78. The predicted octanol–water partition coefficient (Wildman–Crippen LogP) is 2.28. The molecule has 136 valence electrons. The van der Waals surface area contributed by atoms with Crippen LogP contribution in [-0.4, -0.2) is 38.5 Å². The molecule has 1 aromatic carbocycles. The molecule has 1 aliphatic carbocycles. The van der Waals surface area contributed by atoms with Crippen molar-refractivity contribution in [3.8, 4) is 0 Å². The Hall–Kier alpha value is -2.90. The van der Waals surface area contributed by atoms with Gasteiger partial charge in [-0.2, -0.15) is 14.9 Å². The number of carbonyl (C=O) groups is 1. The SMILES string of the molecule is Cc1ccc2oc(NC3CC(CCNC(=O)c4cnn(C)n4)C3)nc2c1. The van der Waals surface area contributed by atoms with Gasteiger partial charge in [0, 0.05) is 19.6 Å². The van der Waals surface area contributed by atoms with Crippen LogP contribution >= 0.6 is 0 Å². The fourth-order valence-corrected chi connectivity index (χ4v) is 3.29. The molecule has 3 aromatic rings. The molecule has 2 N–H and O–H groups in total. The highest BCUT2D eigenvalue weighted by atomic mass is 16.4. The molecular formula is C18H22N6O2. The maximum absolute atomic E-state index is 11.9.